The van der Waals surface area contributed by atoms with Crippen molar-refractivity contribution in [2.24, 2.45) is 0 Å². The SMILES string of the molecule is CCN(O)C(=O)[C@H](O)[C@@H](O)[C@H](O)C(O)CO. The average Bonchev–Trinajstić information content (AvgIpc) is 2.32. The fourth-order valence-electron chi connectivity index (χ4n) is 0.977. The molecule has 8 heteroatoms. The molecule has 0 heterocycles. The maximum Gasteiger partial charge on any atom is 0.277 e. The Hall–Kier alpha value is -0.770. The second-order valence-corrected chi connectivity index (χ2v) is 3.23. The molecule has 0 aromatic carbocycles. The van der Waals surface area contributed by atoms with Crippen molar-refractivity contribution >= 4 is 5.91 Å². The second kappa shape index (κ2) is 6.74. The summed E-state index contributed by atoms with van der Waals surface area (Å²) in [4.78, 5) is 11.1. The summed E-state index contributed by atoms with van der Waals surface area (Å²) in [6, 6.07) is 0. The van der Waals surface area contributed by atoms with Gasteiger partial charge in [0.1, 0.15) is 18.3 Å². The van der Waals surface area contributed by atoms with Crippen LogP contribution in [0.25, 0.3) is 0 Å². The van der Waals surface area contributed by atoms with Gasteiger partial charge in [-0.15, -0.1) is 0 Å². The van der Waals surface area contributed by atoms with E-state index in [0.717, 1.165) is 0 Å². The number of carbonyl (C=O) groups is 1. The van der Waals surface area contributed by atoms with Crippen LogP contribution >= 0.6 is 0 Å². The lowest BCUT2D eigenvalue weighted by Crippen LogP contribution is -2.52. The third-order valence-electron chi connectivity index (χ3n) is 2.06. The van der Waals surface area contributed by atoms with Gasteiger partial charge in [-0.05, 0) is 6.92 Å². The highest BCUT2D eigenvalue weighted by Gasteiger charge is 2.35. The Morgan fingerprint density at radius 1 is 1.19 bits per heavy atom. The molecule has 8 nitrogen and oxygen atoms in total. The highest BCUT2D eigenvalue weighted by Crippen LogP contribution is 2.07. The van der Waals surface area contributed by atoms with Gasteiger partial charge >= 0.3 is 0 Å². The number of hydrogen-bond donors (Lipinski definition) is 6. The molecule has 0 fully saturated rings. The van der Waals surface area contributed by atoms with Crippen LogP contribution in [0, 0.1) is 0 Å². The Morgan fingerprint density at radius 3 is 2.06 bits per heavy atom. The predicted molar refractivity (Wildman–Crippen MR) is 50.3 cm³/mol. The summed E-state index contributed by atoms with van der Waals surface area (Å²) in [7, 11) is 0. The van der Waals surface area contributed by atoms with Crippen molar-refractivity contribution in [1.29, 1.82) is 0 Å². The molecule has 1 amide bonds. The first-order chi connectivity index (χ1) is 7.36. The van der Waals surface area contributed by atoms with Crippen LogP contribution in [0.4, 0.5) is 0 Å². The third-order valence-corrected chi connectivity index (χ3v) is 2.06. The van der Waals surface area contributed by atoms with Crippen LogP contribution in [-0.4, -0.2) is 79.3 Å². The summed E-state index contributed by atoms with van der Waals surface area (Å²) >= 11 is 0. The summed E-state index contributed by atoms with van der Waals surface area (Å²) < 4.78 is 0. The highest BCUT2D eigenvalue weighted by atomic mass is 16.5. The van der Waals surface area contributed by atoms with E-state index in [9.17, 15) is 20.1 Å². The molecule has 1 unspecified atom stereocenters. The maximum absolute atomic E-state index is 11.1. The number of likely N-dealkylation sites (N-methyl/N-ethyl adjacent to an activating group) is 1. The molecule has 0 aromatic heterocycles. The Bertz CT molecular complexity index is 224. The highest BCUT2D eigenvalue weighted by molar-refractivity contribution is 5.80. The fraction of sp³-hybridized carbons (Fsp3) is 0.875. The summed E-state index contributed by atoms with van der Waals surface area (Å²) in [5.74, 6) is -1.21. The van der Waals surface area contributed by atoms with Gasteiger partial charge in [-0.25, -0.2) is 5.06 Å². The molecule has 0 spiro atoms. The summed E-state index contributed by atoms with van der Waals surface area (Å²) in [5.41, 5.74) is 0. The van der Waals surface area contributed by atoms with E-state index in [1.807, 2.05) is 0 Å². The minimum Gasteiger partial charge on any atom is -0.394 e. The zero-order chi connectivity index (χ0) is 12.9. The van der Waals surface area contributed by atoms with Crippen LogP contribution in [0.1, 0.15) is 6.92 Å². The van der Waals surface area contributed by atoms with Crippen LogP contribution in [0.3, 0.4) is 0 Å². The van der Waals surface area contributed by atoms with E-state index >= 15 is 0 Å². The van der Waals surface area contributed by atoms with Crippen molar-refractivity contribution in [3.63, 3.8) is 0 Å². The molecule has 0 aromatic rings. The minimum atomic E-state index is -2.08. The van der Waals surface area contributed by atoms with E-state index in [2.05, 4.69) is 0 Å². The number of rotatable bonds is 6. The zero-order valence-electron chi connectivity index (χ0n) is 8.76. The first kappa shape index (κ1) is 15.2. The lowest BCUT2D eigenvalue weighted by molar-refractivity contribution is -0.187. The number of aliphatic hydroxyl groups is 5. The number of aliphatic hydroxyl groups excluding tert-OH is 5. The number of nitrogens with zero attached hydrogens (tertiary/aromatic N) is 1. The van der Waals surface area contributed by atoms with Crippen LogP contribution in [-0.2, 0) is 4.79 Å². The van der Waals surface area contributed by atoms with Crippen molar-refractivity contribution in [1.82, 2.24) is 5.06 Å². The van der Waals surface area contributed by atoms with Gasteiger partial charge in [0.25, 0.3) is 5.91 Å². The number of carbonyl (C=O) groups excluding carboxylic acids is 1. The Morgan fingerprint density at radius 2 is 1.69 bits per heavy atom. The lowest BCUT2D eigenvalue weighted by Gasteiger charge is -2.26. The van der Waals surface area contributed by atoms with E-state index in [1.165, 1.54) is 6.92 Å². The summed E-state index contributed by atoms with van der Waals surface area (Å²) in [5, 5.41) is 54.3. The number of hydrogen-bond acceptors (Lipinski definition) is 7. The molecule has 96 valence electrons. The molecule has 0 aliphatic carbocycles. The predicted octanol–water partition coefficient (Wildman–Crippen LogP) is -3.34. The molecule has 0 radical (unpaired) electrons. The zero-order valence-corrected chi connectivity index (χ0v) is 8.76. The van der Waals surface area contributed by atoms with Crippen molar-refractivity contribution < 1.29 is 35.5 Å². The quantitative estimate of drug-likeness (QED) is 0.210. The molecule has 0 rings (SSSR count). The standard InChI is InChI=1S/C8H17NO7/c1-2-9(16)8(15)7(14)6(13)5(12)4(11)3-10/h4-7,10-14,16H,2-3H2,1H3/t4?,5-,6+,7-/m1/s1. The van der Waals surface area contributed by atoms with Gasteiger partial charge in [0.15, 0.2) is 6.10 Å². The van der Waals surface area contributed by atoms with E-state index in [1.54, 1.807) is 0 Å². The Balaban J connectivity index is 4.48. The normalized spacial score (nSPS) is 18.7. The van der Waals surface area contributed by atoms with E-state index in [4.69, 9.17) is 15.4 Å². The second-order valence-electron chi connectivity index (χ2n) is 3.23. The maximum atomic E-state index is 11.1. The number of amides is 1. The third kappa shape index (κ3) is 3.67. The van der Waals surface area contributed by atoms with Crippen molar-refractivity contribution in [3.05, 3.63) is 0 Å². The fourth-order valence-corrected chi connectivity index (χ4v) is 0.977. The molecule has 6 N–H and O–H groups in total. The lowest BCUT2D eigenvalue weighted by atomic mass is 10.0. The van der Waals surface area contributed by atoms with Gasteiger partial charge in [0.05, 0.1) is 6.61 Å². The summed E-state index contributed by atoms with van der Waals surface area (Å²) in [6.07, 6.45) is -7.67. The molecule has 16 heavy (non-hydrogen) atoms. The van der Waals surface area contributed by atoms with Gasteiger partial charge in [-0.1, -0.05) is 0 Å². The topological polar surface area (TPSA) is 142 Å². The summed E-state index contributed by atoms with van der Waals surface area (Å²) in [6.45, 7) is 0.479. The van der Waals surface area contributed by atoms with Crippen LogP contribution < -0.4 is 0 Å². The molecular weight excluding hydrogens is 222 g/mol. The van der Waals surface area contributed by atoms with Gasteiger partial charge in [0, 0.05) is 6.54 Å². The van der Waals surface area contributed by atoms with Crippen LogP contribution in [0.15, 0.2) is 0 Å². The van der Waals surface area contributed by atoms with Gasteiger partial charge in [-0.3, -0.25) is 10.0 Å². The molecular formula is C8H17NO7. The molecule has 4 atom stereocenters. The van der Waals surface area contributed by atoms with Gasteiger partial charge in [0.2, 0.25) is 0 Å². The number of hydroxylamine groups is 2. The van der Waals surface area contributed by atoms with Gasteiger partial charge < -0.3 is 25.5 Å². The molecule has 0 aliphatic heterocycles. The molecule has 0 aliphatic rings. The van der Waals surface area contributed by atoms with Crippen LogP contribution in [0.2, 0.25) is 0 Å². The largest absolute Gasteiger partial charge is 0.394 e. The van der Waals surface area contributed by atoms with Crippen molar-refractivity contribution in [2.45, 2.75) is 31.3 Å². The van der Waals surface area contributed by atoms with Crippen molar-refractivity contribution in [3.8, 4) is 0 Å². The van der Waals surface area contributed by atoms with Gasteiger partial charge in [-0.2, -0.15) is 0 Å². The molecule has 0 saturated heterocycles. The molecule has 0 saturated carbocycles. The monoisotopic (exact) mass is 239 g/mol. The minimum absolute atomic E-state index is 0.110. The van der Waals surface area contributed by atoms with E-state index < -0.39 is 36.9 Å². The van der Waals surface area contributed by atoms with E-state index in [0.29, 0.717) is 0 Å². The Kier molecular flexibility index (Phi) is 6.41. The van der Waals surface area contributed by atoms with Crippen LogP contribution in [0.5, 0.6) is 0 Å². The first-order valence-corrected chi connectivity index (χ1v) is 4.70. The van der Waals surface area contributed by atoms with E-state index in [-0.39, 0.29) is 11.6 Å². The first-order valence-electron chi connectivity index (χ1n) is 4.70. The Labute approximate surface area is 91.9 Å². The average molecular weight is 239 g/mol. The smallest absolute Gasteiger partial charge is 0.277 e. The van der Waals surface area contributed by atoms with Crippen molar-refractivity contribution in [2.75, 3.05) is 13.2 Å². The molecule has 0 bridgehead atoms.